The molecule has 94 valence electrons. The van der Waals surface area contributed by atoms with Crippen molar-refractivity contribution in [1.29, 1.82) is 0 Å². The molecule has 6 heteroatoms. The first-order chi connectivity index (χ1) is 8.54. The van der Waals surface area contributed by atoms with Gasteiger partial charge in [0, 0.05) is 30.2 Å². The van der Waals surface area contributed by atoms with Gasteiger partial charge in [-0.1, -0.05) is 17.9 Å². The number of benzene rings is 1. The molecule has 3 N–H and O–H groups in total. The lowest BCUT2D eigenvalue weighted by Gasteiger charge is -2.00. The largest absolute Gasteiger partial charge is 0.481 e. The minimum Gasteiger partial charge on any atom is -0.481 e. The fourth-order valence-corrected chi connectivity index (χ4v) is 1.36. The standard InChI is InChI=1S/C12H12N2O4/c13-6-2-1-3-9-4-5-10(8-12(15)16)11(7-9)14(17)18/h4-5,7H,2,6,8,13H2,(H,15,16). The molecule has 0 atom stereocenters. The van der Waals surface area contributed by atoms with Gasteiger partial charge in [0.15, 0.2) is 0 Å². The highest BCUT2D eigenvalue weighted by Crippen LogP contribution is 2.20. The molecule has 1 aromatic carbocycles. The predicted molar refractivity (Wildman–Crippen MR) is 65.0 cm³/mol. The molecule has 0 saturated carbocycles. The molecule has 0 spiro atoms. The third-order valence-corrected chi connectivity index (χ3v) is 2.13. The molecular weight excluding hydrogens is 236 g/mol. The highest BCUT2D eigenvalue weighted by Gasteiger charge is 2.16. The van der Waals surface area contributed by atoms with Gasteiger partial charge in [0.2, 0.25) is 0 Å². The third kappa shape index (κ3) is 3.88. The number of nitro benzene ring substituents is 1. The molecule has 0 aliphatic rings. The van der Waals surface area contributed by atoms with E-state index in [9.17, 15) is 14.9 Å². The van der Waals surface area contributed by atoms with Crippen molar-refractivity contribution in [2.24, 2.45) is 5.73 Å². The summed E-state index contributed by atoms with van der Waals surface area (Å²) in [6, 6.07) is 4.26. The summed E-state index contributed by atoms with van der Waals surface area (Å²) in [5.74, 6) is 4.39. The van der Waals surface area contributed by atoms with E-state index in [0.717, 1.165) is 0 Å². The van der Waals surface area contributed by atoms with E-state index in [4.69, 9.17) is 10.8 Å². The number of nitrogens with two attached hydrogens (primary N) is 1. The van der Waals surface area contributed by atoms with E-state index >= 15 is 0 Å². The molecule has 0 saturated heterocycles. The van der Waals surface area contributed by atoms with Gasteiger partial charge in [0.1, 0.15) is 0 Å². The summed E-state index contributed by atoms with van der Waals surface area (Å²) >= 11 is 0. The third-order valence-electron chi connectivity index (χ3n) is 2.13. The Morgan fingerprint density at radius 3 is 2.78 bits per heavy atom. The van der Waals surface area contributed by atoms with Crippen molar-refractivity contribution in [2.45, 2.75) is 12.8 Å². The molecule has 0 aliphatic heterocycles. The Balaban J connectivity index is 3.08. The Hall–Kier alpha value is -2.39. The van der Waals surface area contributed by atoms with Crippen LogP contribution in [0.2, 0.25) is 0 Å². The first kappa shape index (κ1) is 13.7. The molecule has 0 radical (unpaired) electrons. The lowest BCUT2D eigenvalue weighted by molar-refractivity contribution is -0.385. The lowest BCUT2D eigenvalue weighted by Crippen LogP contribution is -2.04. The normalized spacial score (nSPS) is 9.39. The second kappa shape index (κ2) is 6.37. The number of rotatable bonds is 4. The fourth-order valence-electron chi connectivity index (χ4n) is 1.36. The van der Waals surface area contributed by atoms with Gasteiger partial charge in [0.25, 0.3) is 5.69 Å². The van der Waals surface area contributed by atoms with Crippen molar-refractivity contribution in [1.82, 2.24) is 0 Å². The predicted octanol–water partition coefficient (Wildman–Crippen LogP) is 0.922. The SMILES string of the molecule is NCCC#Cc1ccc(CC(=O)O)c([N+](=O)[O-])c1. The number of nitrogens with zero attached hydrogens (tertiary/aromatic N) is 1. The number of hydrogen-bond donors (Lipinski definition) is 2. The number of aliphatic carboxylic acids is 1. The van der Waals surface area contributed by atoms with Crippen LogP contribution >= 0.6 is 0 Å². The highest BCUT2D eigenvalue weighted by atomic mass is 16.6. The van der Waals surface area contributed by atoms with E-state index in [0.29, 0.717) is 18.5 Å². The van der Waals surface area contributed by atoms with Gasteiger partial charge < -0.3 is 10.8 Å². The van der Waals surface area contributed by atoms with Gasteiger partial charge in [-0.05, 0) is 6.07 Å². The van der Waals surface area contributed by atoms with Gasteiger partial charge in [-0.2, -0.15) is 0 Å². The second-order valence-corrected chi connectivity index (χ2v) is 3.51. The molecule has 0 fully saturated rings. The topological polar surface area (TPSA) is 106 Å². The Labute approximate surface area is 104 Å². The van der Waals surface area contributed by atoms with Crippen molar-refractivity contribution in [2.75, 3.05) is 6.54 Å². The van der Waals surface area contributed by atoms with Crippen molar-refractivity contribution in [3.05, 3.63) is 39.4 Å². The fraction of sp³-hybridized carbons (Fsp3) is 0.250. The van der Waals surface area contributed by atoms with E-state index in [1.807, 2.05) is 0 Å². The van der Waals surface area contributed by atoms with Crippen molar-refractivity contribution < 1.29 is 14.8 Å². The number of carboxylic acids is 1. The molecule has 0 unspecified atom stereocenters. The summed E-state index contributed by atoms with van der Waals surface area (Å²) in [4.78, 5) is 20.8. The first-order valence-corrected chi connectivity index (χ1v) is 5.22. The second-order valence-electron chi connectivity index (χ2n) is 3.51. The van der Waals surface area contributed by atoms with Crippen LogP contribution in [-0.4, -0.2) is 22.5 Å². The summed E-state index contributed by atoms with van der Waals surface area (Å²) in [5.41, 5.74) is 5.69. The molecule has 0 aromatic heterocycles. The molecule has 1 aromatic rings. The van der Waals surface area contributed by atoms with Crippen LogP contribution in [0.15, 0.2) is 18.2 Å². The molecular formula is C12H12N2O4. The van der Waals surface area contributed by atoms with E-state index in [2.05, 4.69) is 11.8 Å². The summed E-state index contributed by atoms with van der Waals surface area (Å²) < 4.78 is 0. The Kier molecular flexibility index (Phi) is 4.84. The van der Waals surface area contributed by atoms with E-state index in [1.54, 1.807) is 6.07 Å². The minimum absolute atomic E-state index is 0.164. The van der Waals surface area contributed by atoms with Gasteiger partial charge in [-0.15, -0.1) is 0 Å². The van der Waals surface area contributed by atoms with Crippen LogP contribution in [-0.2, 0) is 11.2 Å². The summed E-state index contributed by atoms with van der Waals surface area (Å²) in [7, 11) is 0. The van der Waals surface area contributed by atoms with Crippen LogP contribution in [0.5, 0.6) is 0 Å². The first-order valence-electron chi connectivity index (χ1n) is 5.22. The molecule has 0 aliphatic carbocycles. The lowest BCUT2D eigenvalue weighted by atomic mass is 10.1. The number of nitro groups is 1. The number of carbonyl (C=O) groups is 1. The molecule has 0 heterocycles. The van der Waals surface area contributed by atoms with Crippen LogP contribution in [0.25, 0.3) is 0 Å². The van der Waals surface area contributed by atoms with Crippen LogP contribution in [0.3, 0.4) is 0 Å². The van der Waals surface area contributed by atoms with E-state index in [1.165, 1.54) is 12.1 Å². The smallest absolute Gasteiger partial charge is 0.308 e. The van der Waals surface area contributed by atoms with Crippen LogP contribution < -0.4 is 5.73 Å². The van der Waals surface area contributed by atoms with Crippen molar-refractivity contribution >= 4 is 11.7 Å². The molecule has 0 bridgehead atoms. The van der Waals surface area contributed by atoms with Crippen molar-refractivity contribution in [3.63, 3.8) is 0 Å². The monoisotopic (exact) mass is 248 g/mol. The van der Waals surface area contributed by atoms with Crippen LogP contribution in [0, 0.1) is 22.0 Å². The molecule has 0 amide bonds. The number of carboxylic acid groups (broad SMARTS) is 1. The minimum atomic E-state index is -1.11. The highest BCUT2D eigenvalue weighted by molar-refractivity contribution is 5.72. The molecule has 6 nitrogen and oxygen atoms in total. The zero-order chi connectivity index (χ0) is 13.5. The van der Waals surface area contributed by atoms with Gasteiger partial charge >= 0.3 is 5.97 Å². The molecule has 1 rings (SSSR count). The summed E-state index contributed by atoms with van der Waals surface area (Å²) in [6.45, 7) is 0.423. The van der Waals surface area contributed by atoms with Gasteiger partial charge in [0.05, 0.1) is 11.3 Å². The average molecular weight is 248 g/mol. The maximum Gasteiger partial charge on any atom is 0.308 e. The van der Waals surface area contributed by atoms with Crippen molar-refractivity contribution in [3.8, 4) is 11.8 Å². The summed E-state index contributed by atoms with van der Waals surface area (Å²) in [5, 5.41) is 19.5. The van der Waals surface area contributed by atoms with E-state index < -0.39 is 10.9 Å². The summed E-state index contributed by atoms with van der Waals surface area (Å²) in [6.07, 6.45) is 0.123. The molecule has 18 heavy (non-hydrogen) atoms. The zero-order valence-electron chi connectivity index (χ0n) is 9.55. The maximum absolute atomic E-state index is 10.8. The van der Waals surface area contributed by atoms with Gasteiger partial charge in [-0.3, -0.25) is 14.9 Å². The Bertz CT molecular complexity index is 529. The average Bonchev–Trinajstić information content (AvgIpc) is 2.30. The maximum atomic E-state index is 10.8. The Morgan fingerprint density at radius 1 is 1.50 bits per heavy atom. The Morgan fingerprint density at radius 2 is 2.22 bits per heavy atom. The number of hydrogen-bond acceptors (Lipinski definition) is 4. The van der Waals surface area contributed by atoms with Gasteiger partial charge in [-0.25, -0.2) is 0 Å². The zero-order valence-corrected chi connectivity index (χ0v) is 9.55. The van der Waals surface area contributed by atoms with Crippen LogP contribution in [0.4, 0.5) is 5.69 Å². The van der Waals surface area contributed by atoms with E-state index in [-0.39, 0.29) is 17.7 Å². The van der Waals surface area contributed by atoms with Crippen LogP contribution in [0.1, 0.15) is 17.5 Å². The quantitative estimate of drug-likeness (QED) is 0.468.